The Morgan fingerprint density at radius 2 is 1.82 bits per heavy atom. The number of carbonyl (C=O) groups excluding carboxylic acids is 1. The first-order valence-corrected chi connectivity index (χ1v) is 11.9. The molecule has 0 spiro atoms. The number of para-hydroxylation sites is 1. The number of aryl methyl sites for hydroxylation is 1. The number of nitrogens with zero attached hydrogens (tertiary/aromatic N) is 4. The molecule has 2 N–H and O–H groups in total. The van der Waals surface area contributed by atoms with Crippen molar-refractivity contribution in [3.63, 3.8) is 0 Å². The van der Waals surface area contributed by atoms with Crippen molar-refractivity contribution in [3.8, 4) is 11.5 Å². The molecule has 2 aromatic heterocycles. The van der Waals surface area contributed by atoms with Crippen LogP contribution in [0.15, 0.2) is 53.7 Å². The minimum atomic E-state index is 0.0263. The number of hydrogen-bond acceptors (Lipinski definition) is 7. The predicted octanol–water partition coefficient (Wildman–Crippen LogP) is 3.85. The van der Waals surface area contributed by atoms with E-state index in [9.17, 15) is 4.79 Å². The van der Waals surface area contributed by atoms with E-state index in [4.69, 9.17) is 15.3 Å². The smallest absolute Gasteiger partial charge is 0.241 e. The van der Waals surface area contributed by atoms with Crippen LogP contribution in [-0.2, 0) is 19.4 Å². The van der Waals surface area contributed by atoms with E-state index < -0.39 is 0 Å². The van der Waals surface area contributed by atoms with Gasteiger partial charge < -0.3 is 15.3 Å². The van der Waals surface area contributed by atoms with Gasteiger partial charge in [-0.3, -0.25) is 9.36 Å². The lowest BCUT2D eigenvalue weighted by Gasteiger charge is -2.15. The monoisotopic (exact) mass is 463 g/mol. The molecule has 8 nitrogen and oxygen atoms in total. The first-order chi connectivity index (χ1) is 16.2. The maximum atomic E-state index is 13.3. The third kappa shape index (κ3) is 4.16. The number of aromatic nitrogens is 4. The van der Waals surface area contributed by atoms with Crippen molar-refractivity contribution in [1.29, 1.82) is 0 Å². The molecule has 0 amide bonds. The molecule has 0 fully saturated rings. The molecule has 0 atom stereocenters. The van der Waals surface area contributed by atoms with Crippen molar-refractivity contribution >= 4 is 28.6 Å². The van der Waals surface area contributed by atoms with Gasteiger partial charge in [0.2, 0.25) is 11.1 Å². The number of rotatable bonds is 7. The van der Waals surface area contributed by atoms with Gasteiger partial charge >= 0.3 is 0 Å². The molecule has 0 saturated carbocycles. The third-order valence-electron chi connectivity index (χ3n) is 5.92. The number of ether oxygens (including phenoxy) is 2. The maximum absolute atomic E-state index is 13.3. The normalized spacial score (nSPS) is 13.1. The number of carbonyl (C=O) groups is 1. The molecule has 0 bridgehead atoms. The summed E-state index contributed by atoms with van der Waals surface area (Å²) in [5, 5.41) is 9.93. The lowest BCUT2D eigenvalue weighted by Crippen LogP contribution is -2.19. The highest BCUT2D eigenvalue weighted by Gasteiger charge is 2.23. The van der Waals surface area contributed by atoms with Crippen molar-refractivity contribution in [2.75, 3.05) is 18.7 Å². The molecule has 1 aliphatic rings. The molecule has 4 aromatic rings. The Labute approximate surface area is 195 Å². The molecule has 1 aliphatic carbocycles. The highest BCUT2D eigenvalue weighted by atomic mass is 32.2. The van der Waals surface area contributed by atoms with Crippen LogP contribution in [0.4, 0.5) is 0 Å². The molecule has 5 rings (SSSR count). The van der Waals surface area contributed by atoms with E-state index >= 15 is 0 Å². The van der Waals surface area contributed by atoms with Crippen LogP contribution in [0.2, 0.25) is 0 Å². The minimum absolute atomic E-state index is 0.0263. The van der Waals surface area contributed by atoms with Crippen molar-refractivity contribution < 1.29 is 14.3 Å². The van der Waals surface area contributed by atoms with Gasteiger partial charge in [0.05, 0.1) is 18.4 Å². The van der Waals surface area contributed by atoms with Crippen molar-refractivity contribution in [2.45, 2.75) is 37.4 Å². The average Bonchev–Trinajstić information content (AvgIpc) is 3.39. The number of nitrogen functional groups attached to an aromatic ring is 1. The van der Waals surface area contributed by atoms with Crippen molar-refractivity contribution in [3.05, 3.63) is 65.6 Å². The van der Waals surface area contributed by atoms with Crippen LogP contribution in [0, 0.1) is 0 Å². The minimum Gasteiger partial charge on any atom is -0.497 e. The highest BCUT2D eigenvalue weighted by molar-refractivity contribution is 7.99. The lowest BCUT2D eigenvalue weighted by atomic mass is 9.96. The predicted molar refractivity (Wildman–Crippen MR) is 127 cm³/mol. The summed E-state index contributed by atoms with van der Waals surface area (Å²) in [7, 11) is 1.62. The summed E-state index contributed by atoms with van der Waals surface area (Å²) in [6.07, 6.45) is 4.23. The van der Waals surface area contributed by atoms with Crippen LogP contribution >= 0.6 is 11.8 Å². The number of thioether (sulfide) groups is 1. The topological polar surface area (TPSA) is 97.2 Å². The molecule has 2 aromatic carbocycles. The van der Waals surface area contributed by atoms with E-state index in [1.165, 1.54) is 33.8 Å². The second kappa shape index (κ2) is 9.19. The van der Waals surface area contributed by atoms with Gasteiger partial charge in [0.15, 0.2) is 5.82 Å². The number of hydrogen-bond donors (Lipinski definition) is 1. The molecule has 170 valence electrons. The van der Waals surface area contributed by atoms with Crippen molar-refractivity contribution in [1.82, 2.24) is 19.4 Å². The highest BCUT2D eigenvalue weighted by Crippen LogP contribution is 2.32. The van der Waals surface area contributed by atoms with E-state index in [0.717, 1.165) is 36.2 Å². The molecule has 33 heavy (non-hydrogen) atoms. The van der Waals surface area contributed by atoms with E-state index in [1.54, 1.807) is 7.11 Å². The first-order valence-electron chi connectivity index (χ1n) is 10.9. The molecule has 9 heteroatoms. The number of fused-ring (bicyclic) bond motifs is 3. The Bertz CT molecular complexity index is 1300. The van der Waals surface area contributed by atoms with Gasteiger partial charge in [-0.1, -0.05) is 30.0 Å². The zero-order chi connectivity index (χ0) is 22.8. The molecule has 2 heterocycles. The molecule has 0 aliphatic heterocycles. The Kier molecular flexibility index (Phi) is 5.95. The average molecular weight is 464 g/mol. The fourth-order valence-corrected chi connectivity index (χ4v) is 5.02. The van der Waals surface area contributed by atoms with E-state index in [-0.39, 0.29) is 18.3 Å². The lowest BCUT2D eigenvalue weighted by molar-refractivity contribution is 0.0943. The summed E-state index contributed by atoms with van der Waals surface area (Å²) in [4.78, 5) is 13.3. The fourth-order valence-electron chi connectivity index (χ4n) is 4.30. The van der Waals surface area contributed by atoms with Gasteiger partial charge in [-0.2, -0.15) is 0 Å². The second-order valence-corrected chi connectivity index (χ2v) is 8.84. The zero-order valence-corrected chi connectivity index (χ0v) is 19.2. The molecular weight excluding hydrogens is 438 g/mol. The Morgan fingerprint density at radius 1 is 1.06 bits per heavy atom. The van der Waals surface area contributed by atoms with Crippen LogP contribution in [0.3, 0.4) is 0 Å². The summed E-state index contributed by atoms with van der Waals surface area (Å²) in [5.41, 5.74) is 3.45. The third-order valence-corrected chi connectivity index (χ3v) is 6.84. The Hall–Kier alpha value is -3.46. The largest absolute Gasteiger partial charge is 0.497 e. The van der Waals surface area contributed by atoms with Crippen LogP contribution in [0.5, 0.6) is 11.5 Å². The quantitative estimate of drug-likeness (QED) is 0.328. The second-order valence-electron chi connectivity index (χ2n) is 7.90. The van der Waals surface area contributed by atoms with Gasteiger partial charge in [0, 0.05) is 11.1 Å². The summed E-state index contributed by atoms with van der Waals surface area (Å²) < 4.78 is 14.2. The summed E-state index contributed by atoms with van der Waals surface area (Å²) in [6, 6.07) is 15.4. The fraction of sp³-hybridized carbons (Fsp3) is 0.292. The first kappa shape index (κ1) is 21.4. The van der Waals surface area contributed by atoms with Crippen LogP contribution in [0.1, 0.15) is 34.7 Å². The molecule has 0 radical (unpaired) electrons. The molecular formula is C24H25N5O3S. The van der Waals surface area contributed by atoms with Gasteiger partial charge in [0.1, 0.15) is 18.1 Å². The Balaban J connectivity index is 1.28. The summed E-state index contributed by atoms with van der Waals surface area (Å²) in [6.45, 7) is 0.167. The van der Waals surface area contributed by atoms with Crippen LogP contribution in [-0.4, -0.2) is 38.2 Å². The maximum Gasteiger partial charge on any atom is 0.241 e. The van der Waals surface area contributed by atoms with Crippen LogP contribution in [0.25, 0.3) is 10.9 Å². The standard InChI is InChI=1S/C24H25N5O3S/c1-31-16-10-12-17(13-11-16)32-14-22-26-27-24(29(22)25)33-15-23(30)28-20-8-4-2-6-18(20)19-7-3-5-9-21(19)28/h2,4,6,8,10-13H,3,5,7,9,14-15,25H2,1H3. The number of benzene rings is 2. The van der Waals surface area contributed by atoms with Crippen molar-refractivity contribution in [2.24, 2.45) is 0 Å². The summed E-state index contributed by atoms with van der Waals surface area (Å²) in [5.74, 6) is 8.32. The SMILES string of the molecule is COc1ccc(OCc2nnc(SCC(=O)n3c4c(c5ccccc53)CCCC4)n2N)cc1. The van der Waals surface area contributed by atoms with E-state index in [1.807, 2.05) is 47.0 Å². The molecule has 0 unspecified atom stereocenters. The van der Waals surface area contributed by atoms with Gasteiger partial charge in [0.25, 0.3) is 0 Å². The zero-order valence-electron chi connectivity index (χ0n) is 18.4. The number of nitrogens with two attached hydrogens (primary N) is 1. The molecule has 0 saturated heterocycles. The van der Waals surface area contributed by atoms with E-state index in [2.05, 4.69) is 16.3 Å². The Morgan fingerprint density at radius 3 is 2.64 bits per heavy atom. The number of methoxy groups -OCH3 is 1. The van der Waals surface area contributed by atoms with Gasteiger partial charge in [-0.05, 0) is 61.6 Å². The summed E-state index contributed by atoms with van der Waals surface area (Å²) >= 11 is 1.28. The van der Waals surface area contributed by atoms with E-state index in [0.29, 0.717) is 16.7 Å². The van der Waals surface area contributed by atoms with Crippen LogP contribution < -0.4 is 15.3 Å². The van der Waals surface area contributed by atoms with Gasteiger partial charge in [-0.15, -0.1) is 10.2 Å². The van der Waals surface area contributed by atoms with Gasteiger partial charge in [-0.25, -0.2) is 4.68 Å².